The van der Waals surface area contributed by atoms with Crippen LogP contribution in [0.25, 0.3) is 0 Å². The lowest BCUT2D eigenvalue weighted by atomic mass is 10.4. The molecule has 19 heavy (non-hydrogen) atoms. The molecule has 0 fully saturated rings. The van der Waals surface area contributed by atoms with E-state index in [2.05, 4.69) is 50.4 Å². The van der Waals surface area contributed by atoms with Crippen molar-refractivity contribution in [1.82, 2.24) is 15.5 Å². The normalized spacial score (nSPS) is 10.8. The van der Waals surface area contributed by atoms with Crippen molar-refractivity contribution in [2.45, 2.75) is 30.5 Å². The summed E-state index contributed by atoms with van der Waals surface area (Å²) in [5.41, 5.74) is 0. The predicted octanol–water partition coefficient (Wildman–Crippen LogP) is 3.62. The highest BCUT2D eigenvalue weighted by molar-refractivity contribution is 9.10. The zero-order chi connectivity index (χ0) is 13.5. The minimum absolute atomic E-state index is 0.643. The van der Waals surface area contributed by atoms with E-state index in [-0.39, 0.29) is 0 Å². The quantitative estimate of drug-likeness (QED) is 0.615. The van der Waals surface area contributed by atoms with Crippen molar-refractivity contribution in [2.24, 2.45) is 0 Å². The minimum Gasteiger partial charge on any atom is -0.338 e. The van der Waals surface area contributed by atoms with Crippen LogP contribution in [0.4, 0.5) is 0 Å². The van der Waals surface area contributed by atoms with Gasteiger partial charge in [-0.25, -0.2) is 0 Å². The van der Waals surface area contributed by atoms with Gasteiger partial charge in [-0.1, -0.05) is 28.0 Å². The maximum absolute atomic E-state index is 5.17. The Labute approximate surface area is 125 Å². The van der Waals surface area contributed by atoms with E-state index in [0.717, 1.165) is 29.0 Å². The third-order valence-electron chi connectivity index (χ3n) is 2.39. The standard InChI is InChI=1S/C13H16BrN3OS/c1-2-7-15-8-13-16-12(17-18-13)9-19-11-5-3-10(14)4-6-11/h3-6,15H,2,7-9H2,1H3. The first-order chi connectivity index (χ1) is 9.28. The van der Waals surface area contributed by atoms with Crippen molar-refractivity contribution >= 4 is 27.7 Å². The maximum Gasteiger partial charge on any atom is 0.240 e. The topological polar surface area (TPSA) is 51.0 Å². The molecule has 0 unspecified atom stereocenters. The Morgan fingerprint density at radius 2 is 2.11 bits per heavy atom. The summed E-state index contributed by atoms with van der Waals surface area (Å²) >= 11 is 5.12. The maximum atomic E-state index is 5.17. The Kier molecular flexibility index (Phi) is 5.88. The number of nitrogens with one attached hydrogen (secondary N) is 1. The molecule has 1 heterocycles. The highest BCUT2D eigenvalue weighted by Gasteiger charge is 2.06. The van der Waals surface area contributed by atoms with Crippen LogP contribution >= 0.6 is 27.7 Å². The summed E-state index contributed by atoms with van der Waals surface area (Å²) in [7, 11) is 0. The Balaban J connectivity index is 1.81. The van der Waals surface area contributed by atoms with Gasteiger partial charge in [0.15, 0.2) is 5.82 Å². The van der Waals surface area contributed by atoms with E-state index in [1.54, 1.807) is 11.8 Å². The molecule has 6 heteroatoms. The Morgan fingerprint density at radius 3 is 2.84 bits per heavy atom. The van der Waals surface area contributed by atoms with Crippen molar-refractivity contribution in [3.63, 3.8) is 0 Å². The van der Waals surface area contributed by atoms with E-state index in [9.17, 15) is 0 Å². The molecule has 0 atom stereocenters. The summed E-state index contributed by atoms with van der Waals surface area (Å²) < 4.78 is 6.26. The van der Waals surface area contributed by atoms with Gasteiger partial charge in [0.25, 0.3) is 0 Å². The van der Waals surface area contributed by atoms with Crippen molar-refractivity contribution in [3.8, 4) is 0 Å². The number of benzene rings is 1. The summed E-state index contributed by atoms with van der Waals surface area (Å²) in [4.78, 5) is 5.54. The Hall–Kier alpha value is -0.850. The molecule has 0 aliphatic rings. The lowest BCUT2D eigenvalue weighted by Gasteiger charge is -1.98. The molecule has 4 nitrogen and oxygen atoms in total. The van der Waals surface area contributed by atoms with Crippen molar-refractivity contribution in [1.29, 1.82) is 0 Å². The van der Waals surface area contributed by atoms with Gasteiger partial charge in [0, 0.05) is 9.37 Å². The van der Waals surface area contributed by atoms with Gasteiger partial charge in [0.2, 0.25) is 5.89 Å². The van der Waals surface area contributed by atoms with Gasteiger partial charge in [-0.3, -0.25) is 0 Å². The first-order valence-electron chi connectivity index (χ1n) is 6.18. The van der Waals surface area contributed by atoms with Gasteiger partial charge in [-0.2, -0.15) is 4.98 Å². The van der Waals surface area contributed by atoms with Gasteiger partial charge in [-0.05, 0) is 37.2 Å². The molecule has 2 aromatic rings. The number of thioether (sulfide) groups is 1. The molecule has 0 aliphatic heterocycles. The average Bonchev–Trinajstić information content (AvgIpc) is 2.86. The van der Waals surface area contributed by atoms with Crippen LogP contribution in [-0.4, -0.2) is 16.7 Å². The summed E-state index contributed by atoms with van der Waals surface area (Å²) in [5, 5.41) is 7.21. The molecular weight excluding hydrogens is 326 g/mol. The molecule has 1 aromatic carbocycles. The molecule has 0 saturated heterocycles. The summed E-state index contributed by atoms with van der Waals surface area (Å²) in [6.07, 6.45) is 1.10. The van der Waals surface area contributed by atoms with Gasteiger partial charge in [-0.15, -0.1) is 11.8 Å². The lowest BCUT2D eigenvalue weighted by Crippen LogP contribution is -2.13. The molecule has 1 aromatic heterocycles. The van der Waals surface area contributed by atoms with Crippen LogP contribution in [0.2, 0.25) is 0 Å². The van der Waals surface area contributed by atoms with Crippen molar-refractivity contribution in [2.75, 3.05) is 6.54 Å². The number of nitrogens with zero attached hydrogens (tertiary/aromatic N) is 2. The molecule has 0 radical (unpaired) electrons. The monoisotopic (exact) mass is 341 g/mol. The van der Waals surface area contributed by atoms with Gasteiger partial charge in [0.05, 0.1) is 12.3 Å². The van der Waals surface area contributed by atoms with Crippen LogP contribution in [0.1, 0.15) is 25.1 Å². The number of halogens is 1. The number of hydrogen-bond acceptors (Lipinski definition) is 5. The SMILES string of the molecule is CCCNCc1nc(CSc2ccc(Br)cc2)no1. The third-order valence-corrected chi connectivity index (χ3v) is 3.93. The van der Waals surface area contributed by atoms with E-state index >= 15 is 0 Å². The van der Waals surface area contributed by atoms with Crippen LogP contribution < -0.4 is 5.32 Å². The molecule has 0 amide bonds. The van der Waals surface area contributed by atoms with Gasteiger partial charge >= 0.3 is 0 Å². The van der Waals surface area contributed by atoms with E-state index in [1.165, 1.54) is 4.90 Å². The zero-order valence-electron chi connectivity index (χ0n) is 10.7. The van der Waals surface area contributed by atoms with Gasteiger partial charge in [0.1, 0.15) is 0 Å². The van der Waals surface area contributed by atoms with Gasteiger partial charge < -0.3 is 9.84 Å². The largest absolute Gasteiger partial charge is 0.338 e. The first kappa shape index (κ1) is 14.6. The van der Waals surface area contributed by atoms with E-state index in [0.29, 0.717) is 12.4 Å². The van der Waals surface area contributed by atoms with E-state index in [4.69, 9.17) is 4.52 Å². The smallest absolute Gasteiger partial charge is 0.240 e. The Morgan fingerprint density at radius 1 is 1.32 bits per heavy atom. The van der Waals surface area contributed by atoms with Crippen LogP contribution in [0.3, 0.4) is 0 Å². The van der Waals surface area contributed by atoms with Crippen LogP contribution in [0.15, 0.2) is 38.2 Å². The second-order valence-electron chi connectivity index (χ2n) is 4.02. The van der Waals surface area contributed by atoms with Crippen LogP contribution in [-0.2, 0) is 12.3 Å². The van der Waals surface area contributed by atoms with Crippen molar-refractivity contribution in [3.05, 3.63) is 40.5 Å². The second kappa shape index (κ2) is 7.67. The summed E-state index contributed by atoms with van der Waals surface area (Å²) in [6, 6.07) is 8.19. The molecule has 0 spiro atoms. The summed E-state index contributed by atoms with van der Waals surface area (Å²) in [6.45, 7) is 3.73. The fourth-order valence-electron chi connectivity index (χ4n) is 1.47. The molecule has 102 valence electrons. The molecule has 0 saturated carbocycles. The van der Waals surface area contributed by atoms with Crippen LogP contribution in [0, 0.1) is 0 Å². The zero-order valence-corrected chi connectivity index (χ0v) is 13.1. The predicted molar refractivity (Wildman–Crippen MR) is 80.0 cm³/mol. The minimum atomic E-state index is 0.643. The number of hydrogen-bond donors (Lipinski definition) is 1. The highest BCUT2D eigenvalue weighted by atomic mass is 79.9. The second-order valence-corrected chi connectivity index (χ2v) is 5.99. The summed E-state index contributed by atoms with van der Waals surface area (Å²) in [5.74, 6) is 2.11. The number of rotatable bonds is 7. The number of aromatic nitrogens is 2. The molecule has 0 aliphatic carbocycles. The molecule has 1 N–H and O–H groups in total. The third kappa shape index (κ3) is 4.97. The average molecular weight is 342 g/mol. The fourth-order valence-corrected chi connectivity index (χ4v) is 2.48. The van der Waals surface area contributed by atoms with E-state index < -0.39 is 0 Å². The van der Waals surface area contributed by atoms with Crippen molar-refractivity contribution < 1.29 is 4.52 Å². The fraction of sp³-hybridized carbons (Fsp3) is 0.385. The van der Waals surface area contributed by atoms with E-state index in [1.807, 2.05) is 12.1 Å². The Bertz CT molecular complexity index is 501. The molecular formula is C13H16BrN3OS. The molecule has 0 bridgehead atoms. The van der Waals surface area contributed by atoms with Crippen LogP contribution in [0.5, 0.6) is 0 Å². The highest BCUT2D eigenvalue weighted by Crippen LogP contribution is 2.23. The molecule has 2 rings (SSSR count). The first-order valence-corrected chi connectivity index (χ1v) is 7.96. The lowest BCUT2D eigenvalue weighted by molar-refractivity contribution is 0.364.